The second kappa shape index (κ2) is 6.52. The molecule has 1 nitrogen and oxygen atoms in total. The molecule has 106 valence electrons. The smallest absolute Gasteiger partial charge is 0.145 e. The van der Waals surface area contributed by atoms with Crippen molar-refractivity contribution in [1.29, 1.82) is 0 Å². The van der Waals surface area contributed by atoms with Crippen LogP contribution in [0, 0.1) is 11.6 Å². The van der Waals surface area contributed by atoms with Gasteiger partial charge in [-0.15, -0.1) is 0 Å². The summed E-state index contributed by atoms with van der Waals surface area (Å²) in [5.41, 5.74) is 0.529. The van der Waals surface area contributed by atoms with E-state index in [9.17, 15) is 8.78 Å². The van der Waals surface area contributed by atoms with Gasteiger partial charge in [0.1, 0.15) is 11.6 Å². The zero-order chi connectivity index (χ0) is 14.9. The normalized spacial score (nSPS) is 12.5. The van der Waals surface area contributed by atoms with Crippen molar-refractivity contribution >= 4 is 43.5 Å². The van der Waals surface area contributed by atoms with Crippen LogP contribution in [0.2, 0.25) is 5.02 Å². The van der Waals surface area contributed by atoms with Crippen molar-refractivity contribution in [2.45, 2.75) is 6.04 Å². The monoisotopic (exact) mass is 423 g/mol. The van der Waals surface area contributed by atoms with Crippen molar-refractivity contribution in [3.63, 3.8) is 0 Å². The molecule has 0 heterocycles. The lowest BCUT2D eigenvalue weighted by Crippen LogP contribution is -2.21. The van der Waals surface area contributed by atoms with Gasteiger partial charge in [-0.1, -0.05) is 27.5 Å². The van der Waals surface area contributed by atoms with Gasteiger partial charge in [0, 0.05) is 15.1 Å². The average Bonchev–Trinajstić information content (AvgIpc) is 2.42. The van der Waals surface area contributed by atoms with Crippen molar-refractivity contribution in [3.05, 3.63) is 67.1 Å². The van der Waals surface area contributed by atoms with Gasteiger partial charge >= 0.3 is 0 Å². The predicted molar refractivity (Wildman–Crippen MR) is 84.1 cm³/mol. The van der Waals surface area contributed by atoms with Crippen LogP contribution in [0.3, 0.4) is 0 Å². The molecule has 20 heavy (non-hydrogen) atoms. The summed E-state index contributed by atoms with van der Waals surface area (Å²) in [6.07, 6.45) is 0. The van der Waals surface area contributed by atoms with Crippen LogP contribution in [-0.4, -0.2) is 7.05 Å². The van der Waals surface area contributed by atoms with Crippen molar-refractivity contribution in [2.75, 3.05) is 7.05 Å². The molecule has 1 unspecified atom stereocenters. The number of halogens is 5. The van der Waals surface area contributed by atoms with E-state index in [4.69, 9.17) is 11.6 Å². The molecule has 0 aliphatic heterocycles. The molecule has 0 fully saturated rings. The van der Waals surface area contributed by atoms with E-state index < -0.39 is 17.7 Å². The summed E-state index contributed by atoms with van der Waals surface area (Å²) < 4.78 is 29.3. The number of rotatable bonds is 3. The number of hydrogen-bond acceptors (Lipinski definition) is 1. The first kappa shape index (κ1) is 15.9. The van der Waals surface area contributed by atoms with Gasteiger partial charge < -0.3 is 5.32 Å². The second-order valence-electron chi connectivity index (χ2n) is 4.14. The largest absolute Gasteiger partial charge is 0.309 e. The lowest BCUT2D eigenvalue weighted by atomic mass is 9.97. The molecule has 0 aromatic heterocycles. The Bertz CT molecular complexity index is 649. The second-order valence-corrected chi connectivity index (χ2v) is 6.32. The number of hydrogen-bond donors (Lipinski definition) is 1. The maximum atomic E-state index is 14.2. The Morgan fingerprint density at radius 3 is 2.50 bits per heavy atom. The molecule has 6 heteroatoms. The first-order valence-electron chi connectivity index (χ1n) is 5.71. The van der Waals surface area contributed by atoms with E-state index in [0.717, 1.165) is 4.47 Å². The van der Waals surface area contributed by atoms with Crippen LogP contribution in [-0.2, 0) is 0 Å². The molecule has 0 aliphatic carbocycles. The minimum absolute atomic E-state index is 0.0677. The number of benzene rings is 2. The van der Waals surface area contributed by atoms with Gasteiger partial charge in [0.05, 0.1) is 10.5 Å². The maximum Gasteiger partial charge on any atom is 0.145 e. The molecule has 0 aliphatic rings. The van der Waals surface area contributed by atoms with Crippen LogP contribution in [0.4, 0.5) is 8.78 Å². The predicted octanol–water partition coefficient (Wildman–Crippen LogP) is 5.45. The highest BCUT2D eigenvalue weighted by atomic mass is 79.9. The molecule has 2 aromatic carbocycles. The summed E-state index contributed by atoms with van der Waals surface area (Å²) in [7, 11) is 1.63. The van der Waals surface area contributed by atoms with Crippen LogP contribution >= 0.6 is 43.5 Å². The van der Waals surface area contributed by atoms with E-state index in [1.807, 2.05) is 0 Å². The molecule has 0 radical (unpaired) electrons. The van der Waals surface area contributed by atoms with Crippen LogP contribution in [0.25, 0.3) is 0 Å². The highest BCUT2D eigenvalue weighted by Gasteiger charge is 2.24. The standard InChI is InChI=1S/C14H10Br2ClF2N/c1-20-14(8-6-7(15)2-4-10(8)17)12-11(18)5-3-9(16)13(12)19/h2-6,14,20H,1H3. The van der Waals surface area contributed by atoms with Gasteiger partial charge in [-0.2, -0.15) is 0 Å². The third-order valence-corrected chi connectivity index (χ3v) is 4.38. The van der Waals surface area contributed by atoms with Crippen LogP contribution in [0.15, 0.2) is 39.3 Å². The molecule has 2 aromatic rings. The lowest BCUT2D eigenvalue weighted by molar-refractivity contribution is 0.518. The fraction of sp³-hybridized carbons (Fsp3) is 0.143. The summed E-state index contributed by atoms with van der Waals surface area (Å²) in [4.78, 5) is 0. The Morgan fingerprint density at radius 1 is 1.15 bits per heavy atom. The van der Waals surface area contributed by atoms with E-state index in [2.05, 4.69) is 37.2 Å². The zero-order valence-electron chi connectivity index (χ0n) is 10.4. The van der Waals surface area contributed by atoms with E-state index in [0.29, 0.717) is 10.6 Å². The molecule has 0 saturated heterocycles. The van der Waals surface area contributed by atoms with Crippen LogP contribution < -0.4 is 5.32 Å². The SMILES string of the molecule is CNC(c1cc(Br)ccc1Cl)c1c(F)ccc(Br)c1F. The lowest BCUT2D eigenvalue weighted by Gasteiger charge is -2.20. The molecule has 0 spiro atoms. The summed E-state index contributed by atoms with van der Waals surface area (Å²) in [6, 6.07) is 7.06. The van der Waals surface area contributed by atoms with E-state index in [-0.39, 0.29) is 10.0 Å². The summed E-state index contributed by atoms with van der Waals surface area (Å²) in [6.45, 7) is 0. The van der Waals surface area contributed by atoms with E-state index in [1.54, 1.807) is 25.2 Å². The van der Waals surface area contributed by atoms with Gasteiger partial charge in [0.15, 0.2) is 0 Å². The molecule has 0 amide bonds. The third kappa shape index (κ3) is 3.06. The Morgan fingerprint density at radius 2 is 1.85 bits per heavy atom. The quantitative estimate of drug-likeness (QED) is 0.645. The Kier molecular flexibility index (Phi) is 5.18. The number of nitrogens with one attached hydrogen (secondary N) is 1. The van der Waals surface area contributed by atoms with Crippen molar-refractivity contribution in [3.8, 4) is 0 Å². The van der Waals surface area contributed by atoms with Crippen LogP contribution in [0.1, 0.15) is 17.2 Å². The molecule has 2 rings (SSSR count). The molecule has 1 atom stereocenters. The Hall–Kier alpha value is -0.490. The van der Waals surface area contributed by atoms with E-state index >= 15 is 0 Å². The topological polar surface area (TPSA) is 12.0 Å². The first-order chi connectivity index (χ1) is 9.45. The van der Waals surface area contributed by atoms with Crippen LogP contribution in [0.5, 0.6) is 0 Å². The third-order valence-electron chi connectivity index (χ3n) is 2.93. The maximum absolute atomic E-state index is 14.2. The van der Waals surface area contributed by atoms with Gasteiger partial charge in [-0.25, -0.2) is 8.78 Å². The first-order valence-corrected chi connectivity index (χ1v) is 7.67. The van der Waals surface area contributed by atoms with Gasteiger partial charge in [0.25, 0.3) is 0 Å². The van der Waals surface area contributed by atoms with Crippen molar-refractivity contribution < 1.29 is 8.78 Å². The zero-order valence-corrected chi connectivity index (χ0v) is 14.3. The average molecular weight is 425 g/mol. The Balaban J connectivity index is 2.64. The molecular weight excluding hydrogens is 415 g/mol. The Labute approximate surface area is 137 Å². The van der Waals surface area contributed by atoms with Crippen molar-refractivity contribution in [1.82, 2.24) is 5.32 Å². The summed E-state index contributed by atoms with van der Waals surface area (Å²) in [5, 5.41) is 3.34. The fourth-order valence-electron chi connectivity index (χ4n) is 2.00. The van der Waals surface area contributed by atoms with Gasteiger partial charge in [-0.05, 0) is 58.9 Å². The molecular formula is C14H10Br2ClF2N. The fourth-order valence-corrected chi connectivity index (χ4v) is 2.95. The van der Waals surface area contributed by atoms with E-state index in [1.165, 1.54) is 12.1 Å². The minimum atomic E-state index is -0.683. The molecule has 0 saturated carbocycles. The molecule has 0 bridgehead atoms. The summed E-state index contributed by atoms with van der Waals surface area (Å²) in [5.74, 6) is -1.26. The highest BCUT2D eigenvalue weighted by Crippen LogP contribution is 2.35. The van der Waals surface area contributed by atoms with Gasteiger partial charge in [-0.3, -0.25) is 0 Å². The summed E-state index contributed by atoms with van der Waals surface area (Å²) >= 11 is 12.6. The minimum Gasteiger partial charge on any atom is -0.309 e. The van der Waals surface area contributed by atoms with Gasteiger partial charge in [0.2, 0.25) is 0 Å². The highest BCUT2D eigenvalue weighted by molar-refractivity contribution is 9.10. The molecule has 1 N–H and O–H groups in total. The van der Waals surface area contributed by atoms with Crippen molar-refractivity contribution in [2.24, 2.45) is 0 Å².